The second-order valence-corrected chi connectivity index (χ2v) is 13.9. The van der Waals surface area contributed by atoms with Crippen LogP contribution in [0.1, 0.15) is 51.4 Å². The van der Waals surface area contributed by atoms with E-state index in [0.29, 0.717) is 36.0 Å². The van der Waals surface area contributed by atoms with E-state index in [0.717, 1.165) is 136 Å². The highest BCUT2D eigenvalue weighted by molar-refractivity contribution is 7.80. The van der Waals surface area contributed by atoms with Crippen molar-refractivity contribution < 1.29 is 9.53 Å². The lowest BCUT2D eigenvalue weighted by molar-refractivity contribution is 0.137. The van der Waals surface area contributed by atoms with E-state index < -0.39 is 0 Å². The number of hydrogen-bond acceptors (Lipinski definition) is 10. The number of hydrogen-bond donors (Lipinski definition) is 10. The molecule has 1 unspecified atom stereocenters. The van der Waals surface area contributed by atoms with E-state index in [4.69, 9.17) is 22.7 Å². The van der Waals surface area contributed by atoms with Crippen molar-refractivity contribution in [2.75, 3.05) is 98.2 Å². The highest BCUT2D eigenvalue weighted by Gasteiger charge is 2.49. The van der Waals surface area contributed by atoms with Crippen LogP contribution in [0.3, 0.4) is 0 Å². The summed E-state index contributed by atoms with van der Waals surface area (Å²) < 4.78 is 5.52. The van der Waals surface area contributed by atoms with E-state index >= 15 is 0 Å². The molecule has 13 heteroatoms. The van der Waals surface area contributed by atoms with Gasteiger partial charge < -0.3 is 58.3 Å². The first-order valence-corrected chi connectivity index (χ1v) is 17.9. The normalized spacial score (nSPS) is 31.4. The third-order valence-electron chi connectivity index (χ3n) is 9.54. The number of rotatable bonds is 10. The molecule has 11 N–H and O–H groups in total. The first kappa shape index (κ1) is 36.1. The Hall–Kier alpha value is -1.76. The lowest BCUT2D eigenvalue weighted by Crippen LogP contribution is -2.68. The minimum atomic E-state index is -0.327. The molecular weight excluding hydrogens is 588 g/mol. The van der Waals surface area contributed by atoms with Gasteiger partial charge in [0.1, 0.15) is 0 Å². The second-order valence-electron chi connectivity index (χ2n) is 13.4. The number of fused-ring (bicyclic) bond motifs is 16. The lowest BCUT2D eigenvalue weighted by Gasteiger charge is -2.38. The van der Waals surface area contributed by atoms with Crippen LogP contribution in [-0.4, -0.2) is 121 Å². The summed E-state index contributed by atoms with van der Waals surface area (Å²) in [7, 11) is 0. The third-order valence-corrected chi connectivity index (χ3v) is 9.79. The standard InChI is InChI=1S/C32H60N10O2S/c33-31-20-34-13-16-37-23-32(24-38-17-14-35-21-31,25-39-18-15-36-22-31)42-29(45)40-11-7-3-4-8-12-41-30(43)44-19-28-26-9-5-1-2-6-10-27(26)28/h26-28,34-39H,3-25,33H2,(H,41,43)(H2,40,42,45)/t26-,27+,28?,31?,32?. The largest absolute Gasteiger partial charge is 0.449 e. The first-order chi connectivity index (χ1) is 22.0. The Labute approximate surface area is 276 Å². The number of amides is 1. The molecule has 2 bridgehead atoms. The van der Waals surface area contributed by atoms with Crippen molar-refractivity contribution >= 4 is 23.4 Å². The van der Waals surface area contributed by atoms with Gasteiger partial charge in [0.25, 0.3) is 0 Å². The summed E-state index contributed by atoms with van der Waals surface area (Å²) >= 11 is 5.77. The van der Waals surface area contributed by atoms with Crippen LogP contribution >= 0.6 is 12.2 Å². The molecule has 0 aromatic heterocycles. The van der Waals surface area contributed by atoms with Gasteiger partial charge in [0.05, 0.1) is 17.7 Å². The van der Waals surface area contributed by atoms with Gasteiger partial charge in [-0.05, 0) is 55.7 Å². The van der Waals surface area contributed by atoms with Crippen molar-refractivity contribution in [3.8, 4) is 11.8 Å². The van der Waals surface area contributed by atoms with Gasteiger partial charge in [-0.1, -0.05) is 12.8 Å². The molecule has 3 atom stereocenters. The minimum Gasteiger partial charge on any atom is -0.449 e. The Bertz CT molecular complexity index is 898. The van der Waals surface area contributed by atoms with E-state index in [1.807, 2.05) is 0 Å². The van der Waals surface area contributed by atoms with Crippen molar-refractivity contribution in [1.82, 2.24) is 47.9 Å². The maximum atomic E-state index is 12.1. The summed E-state index contributed by atoms with van der Waals surface area (Å²) in [4.78, 5) is 12.1. The molecule has 3 heterocycles. The molecule has 0 radical (unpaired) electrons. The third kappa shape index (κ3) is 13.5. The van der Waals surface area contributed by atoms with Gasteiger partial charge >= 0.3 is 6.09 Å². The summed E-state index contributed by atoms with van der Waals surface area (Å²) in [5, 5.41) is 32.2. The second kappa shape index (κ2) is 19.8. The van der Waals surface area contributed by atoms with Gasteiger partial charge in [-0.3, -0.25) is 0 Å². The fraction of sp³-hybridized carbons (Fsp3) is 0.875. The minimum absolute atomic E-state index is 0.277. The molecule has 45 heavy (non-hydrogen) atoms. The van der Waals surface area contributed by atoms with Crippen molar-refractivity contribution in [1.29, 1.82) is 0 Å². The molecule has 5 aliphatic rings. The topological polar surface area (TPSA) is 161 Å². The predicted molar refractivity (Wildman–Crippen MR) is 185 cm³/mol. The van der Waals surface area contributed by atoms with Crippen LogP contribution < -0.4 is 53.6 Å². The van der Waals surface area contributed by atoms with Crippen LogP contribution in [0.4, 0.5) is 4.79 Å². The van der Waals surface area contributed by atoms with Gasteiger partial charge in [0, 0.05) is 104 Å². The number of thiocarbonyl (C=S) groups is 1. The molecule has 3 saturated heterocycles. The maximum Gasteiger partial charge on any atom is 0.407 e. The Morgan fingerprint density at radius 3 is 1.71 bits per heavy atom. The van der Waals surface area contributed by atoms with Crippen LogP contribution in [0, 0.1) is 29.6 Å². The smallest absolute Gasteiger partial charge is 0.407 e. The molecule has 0 aromatic rings. The summed E-state index contributed by atoms with van der Waals surface area (Å²) in [5.74, 6) is 8.40. The van der Waals surface area contributed by atoms with E-state index in [9.17, 15) is 4.79 Å². The average Bonchev–Trinajstić information content (AvgIpc) is 3.66. The van der Waals surface area contributed by atoms with Gasteiger partial charge in [-0.2, -0.15) is 0 Å². The summed E-state index contributed by atoms with van der Waals surface area (Å²) in [5.41, 5.74) is 6.10. The van der Waals surface area contributed by atoms with Crippen LogP contribution in [0.15, 0.2) is 0 Å². The number of carbonyl (C=O) groups excluding carboxylic acids is 1. The molecule has 12 nitrogen and oxygen atoms in total. The van der Waals surface area contributed by atoms with Gasteiger partial charge in [0.15, 0.2) is 5.11 Å². The Balaban J connectivity index is 1.09. The fourth-order valence-corrected chi connectivity index (χ4v) is 7.14. The Morgan fingerprint density at radius 2 is 1.20 bits per heavy atom. The number of ether oxygens (including phenoxy) is 1. The first-order valence-electron chi connectivity index (χ1n) is 17.4. The molecular formula is C32H60N10O2S. The van der Waals surface area contributed by atoms with E-state index in [-0.39, 0.29) is 17.2 Å². The number of nitrogens with two attached hydrogens (primary N) is 1. The highest BCUT2D eigenvalue weighted by Crippen LogP contribution is 2.52. The van der Waals surface area contributed by atoms with E-state index in [1.165, 1.54) is 0 Å². The zero-order valence-electron chi connectivity index (χ0n) is 27.3. The van der Waals surface area contributed by atoms with E-state index in [2.05, 4.69) is 59.7 Å². The van der Waals surface area contributed by atoms with Crippen molar-refractivity contribution in [3.63, 3.8) is 0 Å². The van der Waals surface area contributed by atoms with Crippen LogP contribution in [-0.2, 0) is 4.74 Å². The average molecular weight is 649 g/mol. The SMILES string of the molecule is NC12CNCCNCC(NC(=S)NCCCCCCNC(=O)OCC3[C@H]4CCC#CCC[C@@H]34)(CNCCNC1)CNCCNC2. The molecule has 4 fully saturated rings. The molecule has 5 rings (SSSR count). The highest BCUT2D eigenvalue weighted by atomic mass is 32.1. The summed E-state index contributed by atoms with van der Waals surface area (Å²) in [6, 6.07) is 0. The molecule has 2 aliphatic carbocycles. The predicted octanol–water partition coefficient (Wildman–Crippen LogP) is -0.822. The molecule has 0 spiro atoms. The quantitative estimate of drug-likeness (QED) is 0.0816. The van der Waals surface area contributed by atoms with Crippen LogP contribution in [0.5, 0.6) is 0 Å². The van der Waals surface area contributed by atoms with Gasteiger partial charge in [-0.15, -0.1) is 11.8 Å². The van der Waals surface area contributed by atoms with Crippen molar-refractivity contribution in [2.45, 2.75) is 62.4 Å². The van der Waals surface area contributed by atoms with Crippen molar-refractivity contribution in [2.24, 2.45) is 23.5 Å². The maximum absolute atomic E-state index is 12.1. The van der Waals surface area contributed by atoms with Crippen LogP contribution in [0.2, 0.25) is 0 Å². The molecule has 3 aliphatic heterocycles. The monoisotopic (exact) mass is 648 g/mol. The van der Waals surface area contributed by atoms with Gasteiger partial charge in [0.2, 0.25) is 0 Å². The van der Waals surface area contributed by atoms with Crippen LogP contribution in [0.25, 0.3) is 0 Å². The Kier molecular flexibility index (Phi) is 15.9. The van der Waals surface area contributed by atoms with Gasteiger partial charge in [-0.25, -0.2) is 4.79 Å². The lowest BCUT2D eigenvalue weighted by atomic mass is 9.98. The fourth-order valence-electron chi connectivity index (χ4n) is 6.82. The zero-order valence-corrected chi connectivity index (χ0v) is 28.1. The number of carbonyl (C=O) groups is 1. The zero-order chi connectivity index (χ0) is 31.6. The Morgan fingerprint density at radius 1 is 0.733 bits per heavy atom. The summed E-state index contributed by atoms with van der Waals surface area (Å²) in [6.45, 7) is 11.7. The van der Waals surface area contributed by atoms with Crippen molar-refractivity contribution in [3.05, 3.63) is 0 Å². The number of nitrogens with one attached hydrogen (secondary N) is 9. The number of unbranched alkanes of at least 4 members (excludes halogenated alkanes) is 3. The number of alkyl carbamates (subject to hydrolysis) is 1. The molecule has 1 amide bonds. The summed E-state index contributed by atoms with van der Waals surface area (Å²) in [6.07, 6.45) is 8.09. The van der Waals surface area contributed by atoms with E-state index in [1.54, 1.807) is 0 Å². The molecule has 1 saturated carbocycles. The molecule has 256 valence electrons. The molecule has 0 aromatic carbocycles.